The quantitative estimate of drug-likeness (QED) is 0.345. The zero-order valence-electron chi connectivity index (χ0n) is 19.3. The van der Waals surface area contributed by atoms with Gasteiger partial charge in [0.2, 0.25) is 10.0 Å². The summed E-state index contributed by atoms with van der Waals surface area (Å²) in [5.41, 5.74) is 0.835. The van der Waals surface area contributed by atoms with Gasteiger partial charge >= 0.3 is 0 Å². The predicted molar refractivity (Wildman–Crippen MR) is 134 cm³/mol. The SMILES string of the molecule is COc1ccccc1N1CCN(S(=O)(=O)c2ccc(NS(=O)(=O)c3ccc([N+](=O)[O-])cc3)cc2)CC1. The van der Waals surface area contributed by atoms with Crippen molar-refractivity contribution in [3.8, 4) is 5.75 Å². The molecule has 3 aromatic carbocycles. The van der Waals surface area contributed by atoms with Crippen molar-refractivity contribution < 1.29 is 26.5 Å². The van der Waals surface area contributed by atoms with Gasteiger partial charge in [0.15, 0.2) is 0 Å². The van der Waals surface area contributed by atoms with Gasteiger partial charge in [-0.3, -0.25) is 14.8 Å². The summed E-state index contributed by atoms with van der Waals surface area (Å²) in [6.07, 6.45) is 0. The zero-order chi connectivity index (χ0) is 25.9. The monoisotopic (exact) mass is 532 g/mol. The number of para-hydroxylation sites is 2. The van der Waals surface area contributed by atoms with E-state index in [0.29, 0.717) is 13.1 Å². The molecule has 0 saturated carbocycles. The van der Waals surface area contributed by atoms with E-state index in [1.54, 1.807) is 7.11 Å². The minimum absolute atomic E-state index is 0.0477. The largest absolute Gasteiger partial charge is 0.495 e. The molecule has 0 aliphatic carbocycles. The van der Waals surface area contributed by atoms with Crippen LogP contribution in [0.3, 0.4) is 0 Å². The molecule has 190 valence electrons. The second kappa shape index (κ2) is 10.1. The molecule has 1 fully saturated rings. The first-order chi connectivity index (χ1) is 17.1. The number of rotatable bonds is 8. The maximum absolute atomic E-state index is 13.1. The lowest BCUT2D eigenvalue weighted by Crippen LogP contribution is -2.48. The van der Waals surface area contributed by atoms with Crippen molar-refractivity contribution in [2.45, 2.75) is 9.79 Å². The number of hydrogen-bond acceptors (Lipinski definition) is 8. The van der Waals surface area contributed by atoms with Gasteiger partial charge in [0, 0.05) is 44.0 Å². The number of nitrogens with one attached hydrogen (secondary N) is 1. The molecule has 36 heavy (non-hydrogen) atoms. The maximum atomic E-state index is 13.1. The van der Waals surface area contributed by atoms with E-state index in [1.807, 2.05) is 24.3 Å². The number of benzene rings is 3. The molecule has 3 aromatic rings. The Labute approximate surface area is 209 Å². The molecule has 0 bridgehead atoms. The highest BCUT2D eigenvalue weighted by Gasteiger charge is 2.29. The van der Waals surface area contributed by atoms with Crippen molar-refractivity contribution >= 4 is 37.1 Å². The normalized spacial score (nSPS) is 14.9. The third-order valence-corrected chi connectivity index (χ3v) is 9.08. The summed E-state index contributed by atoms with van der Waals surface area (Å²) >= 11 is 0. The van der Waals surface area contributed by atoms with Gasteiger partial charge in [-0.1, -0.05) is 12.1 Å². The van der Waals surface area contributed by atoms with Crippen LogP contribution < -0.4 is 14.4 Å². The van der Waals surface area contributed by atoms with Crippen molar-refractivity contribution in [3.05, 3.63) is 82.9 Å². The number of piperazine rings is 1. The van der Waals surface area contributed by atoms with Crippen LogP contribution in [0.4, 0.5) is 17.1 Å². The Hall–Kier alpha value is -3.68. The van der Waals surface area contributed by atoms with Gasteiger partial charge in [-0.05, 0) is 48.5 Å². The van der Waals surface area contributed by atoms with E-state index < -0.39 is 25.0 Å². The van der Waals surface area contributed by atoms with E-state index in [1.165, 1.54) is 28.6 Å². The molecule has 0 radical (unpaired) electrons. The summed E-state index contributed by atoms with van der Waals surface area (Å²) < 4.78 is 60.6. The maximum Gasteiger partial charge on any atom is 0.269 e. The Bertz CT molecular complexity index is 1450. The molecule has 0 amide bonds. The molecule has 0 unspecified atom stereocenters. The van der Waals surface area contributed by atoms with Crippen molar-refractivity contribution in [3.63, 3.8) is 0 Å². The fraction of sp³-hybridized carbons (Fsp3) is 0.217. The van der Waals surface area contributed by atoms with Gasteiger partial charge in [0.1, 0.15) is 5.75 Å². The van der Waals surface area contributed by atoms with Crippen LogP contribution in [0.2, 0.25) is 0 Å². The van der Waals surface area contributed by atoms with Crippen LogP contribution in [0, 0.1) is 10.1 Å². The number of nitro benzene ring substituents is 1. The highest BCUT2D eigenvalue weighted by Crippen LogP contribution is 2.29. The van der Waals surface area contributed by atoms with Crippen LogP contribution in [-0.2, 0) is 20.0 Å². The van der Waals surface area contributed by atoms with Crippen molar-refractivity contribution in [2.75, 3.05) is 42.9 Å². The van der Waals surface area contributed by atoms with E-state index in [-0.39, 0.29) is 34.3 Å². The number of nitro groups is 1. The molecular formula is C23H24N4O7S2. The smallest absolute Gasteiger partial charge is 0.269 e. The average molecular weight is 533 g/mol. The molecule has 11 nitrogen and oxygen atoms in total. The molecule has 1 N–H and O–H groups in total. The highest BCUT2D eigenvalue weighted by molar-refractivity contribution is 7.92. The van der Waals surface area contributed by atoms with Gasteiger partial charge in [-0.25, -0.2) is 16.8 Å². The summed E-state index contributed by atoms with van der Waals surface area (Å²) in [5, 5.41) is 10.8. The Morgan fingerprint density at radius 1 is 0.833 bits per heavy atom. The molecule has 0 spiro atoms. The number of nitrogens with zero attached hydrogens (tertiary/aromatic N) is 3. The third kappa shape index (κ3) is 5.27. The number of ether oxygens (including phenoxy) is 1. The number of hydrogen-bond donors (Lipinski definition) is 1. The number of non-ortho nitro benzene ring substituents is 1. The van der Waals surface area contributed by atoms with E-state index >= 15 is 0 Å². The first kappa shape index (κ1) is 25.4. The molecule has 1 aliphatic rings. The minimum atomic E-state index is -4.01. The molecule has 1 heterocycles. The number of methoxy groups -OCH3 is 1. The molecule has 13 heteroatoms. The van der Waals surface area contributed by atoms with Gasteiger partial charge in [0.05, 0.1) is 27.5 Å². The molecular weight excluding hydrogens is 508 g/mol. The summed E-state index contributed by atoms with van der Waals surface area (Å²) in [4.78, 5) is 12.1. The van der Waals surface area contributed by atoms with E-state index in [0.717, 1.165) is 35.7 Å². The van der Waals surface area contributed by atoms with E-state index in [4.69, 9.17) is 4.74 Å². The fourth-order valence-corrected chi connectivity index (χ4v) is 6.35. The topological polar surface area (TPSA) is 139 Å². The van der Waals surface area contributed by atoms with E-state index in [2.05, 4.69) is 9.62 Å². The van der Waals surface area contributed by atoms with Gasteiger partial charge < -0.3 is 9.64 Å². The molecule has 0 atom stereocenters. The van der Waals surface area contributed by atoms with Crippen molar-refractivity contribution in [2.24, 2.45) is 0 Å². The lowest BCUT2D eigenvalue weighted by Gasteiger charge is -2.35. The summed E-state index contributed by atoms with van der Waals surface area (Å²) in [6.45, 7) is 1.56. The molecule has 0 aromatic heterocycles. The molecule has 1 aliphatic heterocycles. The lowest BCUT2D eigenvalue weighted by molar-refractivity contribution is -0.384. The summed E-state index contributed by atoms with van der Waals surface area (Å²) in [7, 11) is -6.19. The van der Waals surface area contributed by atoms with Crippen molar-refractivity contribution in [1.82, 2.24) is 4.31 Å². The minimum Gasteiger partial charge on any atom is -0.495 e. The second-order valence-electron chi connectivity index (χ2n) is 7.94. The van der Waals surface area contributed by atoms with Crippen LogP contribution in [0.25, 0.3) is 0 Å². The van der Waals surface area contributed by atoms with Gasteiger partial charge in [-0.2, -0.15) is 4.31 Å². The Balaban J connectivity index is 1.43. The summed E-state index contributed by atoms with van der Waals surface area (Å²) in [6, 6.07) is 17.4. The lowest BCUT2D eigenvalue weighted by atomic mass is 10.2. The Morgan fingerprint density at radius 3 is 2.00 bits per heavy atom. The first-order valence-electron chi connectivity index (χ1n) is 10.9. The number of anilines is 2. The van der Waals surface area contributed by atoms with Crippen LogP contribution in [-0.4, -0.2) is 59.4 Å². The fourth-order valence-electron chi connectivity index (χ4n) is 3.87. The predicted octanol–water partition coefficient (Wildman–Crippen LogP) is 2.92. The first-order valence-corrected chi connectivity index (χ1v) is 13.8. The third-order valence-electron chi connectivity index (χ3n) is 5.77. The van der Waals surface area contributed by atoms with Crippen LogP contribution in [0.1, 0.15) is 0 Å². The Kier molecular flexibility index (Phi) is 7.15. The molecule has 4 rings (SSSR count). The standard InChI is InChI=1S/C23H24N4O7S2/c1-34-23-5-3-2-4-22(23)25-14-16-26(17-15-25)36(32,33)21-10-6-18(7-11-21)24-35(30,31)20-12-8-19(9-13-20)27(28)29/h2-13,24H,14-17H2,1H3. The Morgan fingerprint density at radius 2 is 1.42 bits per heavy atom. The van der Waals surface area contributed by atoms with Crippen LogP contribution in [0.5, 0.6) is 5.75 Å². The second-order valence-corrected chi connectivity index (χ2v) is 11.6. The number of sulfonamides is 2. The molecule has 1 saturated heterocycles. The average Bonchev–Trinajstić information content (AvgIpc) is 2.89. The van der Waals surface area contributed by atoms with Gasteiger partial charge in [0.25, 0.3) is 15.7 Å². The highest BCUT2D eigenvalue weighted by atomic mass is 32.2. The van der Waals surface area contributed by atoms with E-state index in [9.17, 15) is 26.9 Å². The van der Waals surface area contributed by atoms with Gasteiger partial charge in [-0.15, -0.1) is 0 Å². The summed E-state index contributed by atoms with van der Waals surface area (Å²) in [5.74, 6) is 0.723. The van der Waals surface area contributed by atoms with Crippen molar-refractivity contribution in [1.29, 1.82) is 0 Å². The zero-order valence-corrected chi connectivity index (χ0v) is 20.9. The van der Waals surface area contributed by atoms with Crippen LogP contribution >= 0.6 is 0 Å². The van der Waals surface area contributed by atoms with Crippen LogP contribution in [0.15, 0.2) is 82.6 Å².